The standard InChI is InChI=1S/C14H12Cl2/c1-10-4-2-3-5-11(10)8-12-6-7-13(15)9-14(12)16/h2-7,9H,8H2,1H3. The first-order chi connectivity index (χ1) is 7.66. The van der Waals surface area contributed by atoms with Gasteiger partial charge in [-0.25, -0.2) is 0 Å². The van der Waals surface area contributed by atoms with Crippen molar-refractivity contribution in [1.29, 1.82) is 0 Å². The second-order valence-electron chi connectivity index (χ2n) is 3.84. The Morgan fingerprint density at radius 3 is 2.38 bits per heavy atom. The van der Waals surface area contributed by atoms with Crippen LogP contribution in [0.25, 0.3) is 0 Å². The summed E-state index contributed by atoms with van der Waals surface area (Å²) >= 11 is 12.0. The highest BCUT2D eigenvalue weighted by atomic mass is 35.5. The molecule has 0 nitrogen and oxygen atoms in total. The van der Waals surface area contributed by atoms with Crippen LogP contribution in [0.5, 0.6) is 0 Å². The molecule has 0 spiro atoms. The minimum absolute atomic E-state index is 0.679. The molecule has 0 saturated heterocycles. The Balaban J connectivity index is 2.31. The number of aryl methyl sites for hydroxylation is 1. The first kappa shape index (κ1) is 11.5. The van der Waals surface area contributed by atoms with Crippen molar-refractivity contribution >= 4 is 23.2 Å². The van der Waals surface area contributed by atoms with Crippen LogP contribution in [0.3, 0.4) is 0 Å². The van der Waals surface area contributed by atoms with Crippen molar-refractivity contribution in [2.24, 2.45) is 0 Å². The van der Waals surface area contributed by atoms with Crippen LogP contribution in [0.2, 0.25) is 10.0 Å². The van der Waals surface area contributed by atoms with Gasteiger partial charge < -0.3 is 0 Å². The average Bonchev–Trinajstić information content (AvgIpc) is 2.25. The largest absolute Gasteiger partial charge is 0.0843 e. The molecule has 0 N–H and O–H groups in total. The molecule has 0 heterocycles. The molecule has 0 saturated carbocycles. The van der Waals surface area contributed by atoms with Gasteiger partial charge in [-0.1, -0.05) is 53.5 Å². The van der Waals surface area contributed by atoms with Crippen LogP contribution in [0, 0.1) is 6.92 Å². The molecule has 0 unspecified atom stereocenters. The minimum Gasteiger partial charge on any atom is -0.0843 e. The van der Waals surface area contributed by atoms with Crippen LogP contribution < -0.4 is 0 Å². The summed E-state index contributed by atoms with van der Waals surface area (Å²) in [6.07, 6.45) is 0.850. The summed E-state index contributed by atoms with van der Waals surface area (Å²) in [5, 5.41) is 1.41. The molecule has 2 heteroatoms. The van der Waals surface area contributed by atoms with E-state index in [-0.39, 0.29) is 0 Å². The molecule has 0 aromatic heterocycles. The van der Waals surface area contributed by atoms with E-state index in [0.717, 1.165) is 17.0 Å². The topological polar surface area (TPSA) is 0 Å². The van der Waals surface area contributed by atoms with E-state index in [1.807, 2.05) is 24.3 Å². The summed E-state index contributed by atoms with van der Waals surface area (Å²) in [6, 6.07) is 14.0. The molecular formula is C14H12Cl2. The molecule has 0 aliphatic rings. The Hall–Kier alpha value is -0.980. The highest BCUT2D eigenvalue weighted by Gasteiger charge is 2.04. The summed E-state index contributed by atoms with van der Waals surface area (Å²) in [5.41, 5.74) is 3.70. The smallest absolute Gasteiger partial charge is 0.0456 e. The highest BCUT2D eigenvalue weighted by molar-refractivity contribution is 6.35. The summed E-state index contributed by atoms with van der Waals surface area (Å²) in [5.74, 6) is 0. The Kier molecular flexibility index (Phi) is 3.52. The first-order valence-electron chi connectivity index (χ1n) is 5.15. The molecule has 2 aromatic rings. The van der Waals surface area contributed by atoms with Crippen molar-refractivity contribution in [2.45, 2.75) is 13.3 Å². The van der Waals surface area contributed by atoms with E-state index in [9.17, 15) is 0 Å². The molecule has 16 heavy (non-hydrogen) atoms. The molecule has 0 atom stereocenters. The normalized spacial score (nSPS) is 10.4. The number of benzene rings is 2. The van der Waals surface area contributed by atoms with E-state index < -0.39 is 0 Å². The Morgan fingerprint density at radius 2 is 1.69 bits per heavy atom. The van der Waals surface area contributed by atoms with E-state index in [1.54, 1.807) is 6.07 Å². The Bertz CT molecular complexity index is 504. The van der Waals surface area contributed by atoms with Crippen LogP contribution in [-0.4, -0.2) is 0 Å². The van der Waals surface area contributed by atoms with Crippen LogP contribution in [0.15, 0.2) is 42.5 Å². The highest BCUT2D eigenvalue weighted by Crippen LogP contribution is 2.24. The fourth-order valence-corrected chi connectivity index (χ4v) is 2.15. The van der Waals surface area contributed by atoms with Gasteiger partial charge in [-0.3, -0.25) is 0 Å². The molecule has 0 aliphatic heterocycles. The van der Waals surface area contributed by atoms with Gasteiger partial charge in [-0.05, 0) is 42.2 Å². The molecule has 0 amide bonds. The Morgan fingerprint density at radius 1 is 0.938 bits per heavy atom. The lowest BCUT2D eigenvalue weighted by atomic mass is 10.0. The predicted octanol–water partition coefficient (Wildman–Crippen LogP) is 4.89. The molecule has 0 bridgehead atoms. The van der Waals surface area contributed by atoms with Crippen LogP contribution in [0.1, 0.15) is 16.7 Å². The van der Waals surface area contributed by atoms with Gasteiger partial charge in [0.25, 0.3) is 0 Å². The van der Waals surface area contributed by atoms with Crippen LogP contribution >= 0.6 is 23.2 Å². The summed E-state index contributed by atoms with van der Waals surface area (Å²) in [7, 11) is 0. The second-order valence-corrected chi connectivity index (χ2v) is 4.68. The van der Waals surface area contributed by atoms with Gasteiger partial charge in [0.2, 0.25) is 0 Å². The van der Waals surface area contributed by atoms with Crippen molar-refractivity contribution in [3.63, 3.8) is 0 Å². The predicted molar refractivity (Wildman–Crippen MR) is 70.4 cm³/mol. The van der Waals surface area contributed by atoms with Crippen molar-refractivity contribution in [2.75, 3.05) is 0 Å². The second kappa shape index (κ2) is 4.90. The van der Waals surface area contributed by atoms with Gasteiger partial charge in [-0.15, -0.1) is 0 Å². The van der Waals surface area contributed by atoms with Gasteiger partial charge in [0, 0.05) is 10.0 Å². The van der Waals surface area contributed by atoms with E-state index in [2.05, 4.69) is 19.1 Å². The van der Waals surface area contributed by atoms with Crippen LogP contribution in [-0.2, 0) is 6.42 Å². The molecule has 0 fully saturated rings. The average molecular weight is 251 g/mol. The monoisotopic (exact) mass is 250 g/mol. The van der Waals surface area contributed by atoms with Crippen molar-refractivity contribution in [1.82, 2.24) is 0 Å². The van der Waals surface area contributed by atoms with Gasteiger partial charge in [-0.2, -0.15) is 0 Å². The van der Waals surface area contributed by atoms with Crippen molar-refractivity contribution in [3.05, 3.63) is 69.2 Å². The third-order valence-electron chi connectivity index (χ3n) is 2.66. The lowest BCUT2D eigenvalue weighted by Crippen LogP contribution is -1.92. The number of rotatable bonds is 2. The molecule has 2 aromatic carbocycles. The first-order valence-corrected chi connectivity index (χ1v) is 5.91. The van der Waals surface area contributed by atoms with Crippen molar-refractivity contribution < 1.29 is 0 Å². The maximum absolute atomic E-state index is 6.15. The van der Waals surface area contributed by atoms with Gasteiger partial charge in [0.1, 0.15) is 0 Å². The zero-order valence-corrected chi connectivity index (χ0v) is 10.5. The van der Waals surface area contributed by atoms with E-state index in [4.69, 9.17) is 23.2 Å². The number of hydrogen-bond acceptors (Lipinski definition) is 0. The molecule has 82 valence electrons. The lowest BCUT2D eigenvalue weighted by Gasteiger charge is -2.07. The fraction of sp³-hybridized carbons (Fsp3) is 0.143. The van der Waals surface area contributed by atoms with Gasteiger partial charge >= 0.3 is 0 Å². The maximum atomic E-state index is 6.15. The number of hydrogen-bond donors (Lipinski definition) is 0. The van der Waals surface area contributed by atoms with E-state index in [1.165, 1.54) is 11.1 Å². The van der Waals surface area contributed by atoms with Crippen molar-refractivity contribution in [3.8, 4) is 0 Å². The SMILES string of the molecule is Cc1ccccc1Cc1ccc(Cl)cc1Cl. The fourth-order valence-electron chi connectivity index (χ4n) is 1.68. The number of halogens is 2. The maximum Gasteiger partial charge on any atom is 0.0456 e. The summed E-state index contributed by atoms with van der Waals surface area (Å²) < 4.78 is 0. The quantitative estimate of drug-likeness (QED) is 0.712. The summed E-state index contributed by atoms with van der Waals surface area (Å²) in [6.45, 7) is 2.11. The molecule has 0 aliphatic carbocycles. The van der Waals surface area contributed by atoms with E-state index >= 15 is 0 Å². The zero-order valence-electron chi connectivity index (χ0n) is 9.00. The third kappa shape index (κ3) is 2.58. The molecule has 2 rings (SSSR count). The third-order valence-corrected chi connectivity index (χ3v) is 3.24. The molecule has 0 radical (unpaired) electrons. The Labute approximate surface area is 106 Å². The minimum atomic E-state index is 0.679. The van der Waals surface area contributed by atoms with E-state index in [0.29, 0.717) is 5.02 Å². The van der Waals surface area contributed by atoms with Gasteiger partial charge in [0.05, 0.1) is 0 Å². The van der Waals surface area contributed by atoms with Crippen LogP contribution in [0.4, 0.5) is 0 Å². The molecular weight excluding hydrogens is 239 g/mol. The lowest BCUT2D eigenvalue weighted by molar-refractivity contribution is 1.16. The zero-order chi connectivity index (χ0) is 11.5. The summed E-state index contributed by atoms with van der Waals surface area (Å²) in [4.78, 5) is 0. The van der Waals surface area contributed by atoms with Gasteiger partial charge in [0.15, 0.2) is 0 Å².